The monoisotopic (exact) mass is 472 g/mol. The number of hydrogen-bond acceptors (Lipinski definition) is 8. The quantitative estimate of drug-likeness (QED) is 0.482. The lowest BCUT2D eigenvalue weighted by Crippen LogP contribution is -2.25. The van der Waals surface area contributed by atoms with E-state index >= 15 is 0 Å². The number of pyridine rings is 1. The average molecular weight is 473 g/mol. The number of methoxy groups -OCH3 is 1. The molecule has 1 aliphatic rings. The van der Waals surface area contributed by atoms with Crippen molar-refractivity contribution in [3.63, 3.8) is 0 Å². The summed E-state index contributed by atoms with van der Waals surface area (Å²) in [6, 6.07) is 6.73. The predicted molar refractivity (Wildman–Crippen MR) is 128 cm³/mol. The van der Waals surface area contributed by atoms with Gasteiger partial charge in [-0.1, -0.05) is 13.3 Å². The molecule has 4 aromatic rings. The highest BCUT2D eigenvalue weighted by atomic mass is 16.5. The zero-order valence-corrected chi connectivity index (χ0v) is 19.4. The Morgan fingerprint density at radius 2 is 1.97 bits per heavy atom. The maximum Gasteiger partial charge on any atom is 0.259 e. The normalized spacial score (nSPS) is 15.9. The third kappa shape index (κ3) is 4.39. The van der Waals surface area contributed by atoms with Crippen molar-refractivity contribution >= 4 is 11.6 Å². The summed E-state index contributed by atoms with van der Waals surface area (Å²) in [4.78, 5) is 43.2. The van der Waals surface area contributed by atoms with E-state index < -0.39 is 0 Å². The fourth-order valence-electron chi connectivity index (χ4n) is 4.07. The molecule has 0 saturated heterocycles. The number of nitrogens with one attached hydrogen (secondary N) is 1. The standard InChI is InChI=1S/C24H24N8O3/c1-15-5-3-4-6-17-11-16(7-10-26-17)21-22(29-23(15)34)24(31-14-25-9-8-20(31)33)32(30-21)18-12-19(35-2)28-13-27-18/h7-15H,3-6H2,1-2H3,(H,29,34). The van der Waals surface area contributed by atoms with Crippen molar-refractivity contribution in [3.05, 3.63) is 65.4 Å². The van der Waals surface area contributed by atoms with Crippen LogP contribution in [0, 0.1) is 5.92 Å². The first kappa shape index (κ1) is 22.4. The van der Waals surface area contributed by atoms with Gasteiger partial charge in [-0.2, -0.15) is 9.78 Å². The fraction of sp³-hybridized carbons (Fsp3) is 0.292. The summed E-state index contributed by atoms with van der Waals surface area (Å²) in [5.41, 5.74) is 2.22. The van der Waals surface area contributed by atoms with Crippen molar-refractivity contribution < 1.29 is 9.53 Å². The number of hydrogen-bond donors (Lipinski definition) is 1. The number of aromatic nitrogens is 7. The SMILES string of the molecule is COc1cc(-n2nc3c(c2-n2cnccc2=O)NC(=O)C(C)CCCCc2cc-3ccn2)ncn1. The molecule has 11 nitrogen and oxygen atoms in total. The summed E-state index contributed by atoms with van der Waals surface area (Å²) in [6.45, 7) is 1.90. The number of ether oxygens (including phenoxy) is 1. The zero-order valence-electron chi connectivity index (χ0n) is 19.4. The molecule has 1 unspecified atom stereocenters. The Bertz CT molecular complexity index is 1440. The number of amides is 1. The van der Waals surface area contributed by atoms with Crippen LogP contribution in [0.15, 0.2) is 54.1 Å². The van der Waals surface area contributed by atoms with Gasteiger partial charge in [-0.05, 0) is 31.4 Å². The van der Waals surface area contributed by atoms with Crippen LogP contribution < -0.4 is 15.6 Å². The second kappa shape index (κ2) is 9.45. The van der Waals surface area contributed by atoms with E-state index in [9.17, 15) is 9.59 Å². The van der Waals surface area contributed by atoms with Crippen molar-refractivity contribution in [1.82, 2.24) is 34.3 Å². The van der Waals surface area contributed by atoms with Crippen molar-refractivity contribution in [3.8, 4) is 28.8 Å². The molecule has 5 rings (SSSR count). The van der Waals surface area contributed by atoms with Crippen LogP contribution in [-0.4, -0.2) is 47.3 Å². The molecule has 1 amide bonds. The van der Waals surface area contributed by atoms with E-state index in [4.69, 9.17) is 9.84 Å². The van der Waals surface area contributed by atoms with Crippen molar-refractivity contribution in [2.45, 2.75) is 32.6 Å². The molecule has 4 aromatic heterocycles. The molecule has 0 radical (unpaired) electrons. The Kier molecular flexibility index (Phi) is 6.04. The maximum absolute atomic E-state index is 13.2. The summed E-state index contributed by atoms with van der Waals surface area (Å²) >= 11 is 0. The molecular formula is C24H24N8O3. The summed E-state index contributed by atoms with van der Waals surface area (Å²) in [5, 5.41) is 7.86. The smallest absolute Gasteiger partial charge is 0.259 e. The molecule has 0 saturated carbocycles. The third-order valence-corrected chi connectivity index (χ3v) is 5.97. The van der Waals surface area contributed by atoms with Gasteiger partial charge in [0.2, 0.25) is 11.8 Å². The van der Waals surface area contributed by atoms with Gasteiger partial charge in [0.25, 0.3) is 5.56 Å². The Hall–Kier alpha value is -4.41. The molecule has 11 heteroatoms. The molecule has 0 aliphatic carbocycles. The zero-order chi connectivity index (χ0) is 24.4. The van der Waals surface area contributed by atoms with Gasteiger partial charge >= 0.3 is 0 Å². The number of carbonyl (C=O) groups excluding carboxylic acids is 1. The number of carbonyl (C=O) groups is 1. The van der Waals surface area contributed by atoms with Gasteiger partial charge in [-0.15, -0.1) is 0 Å². The lowest BCUT2D eigenvalue weighted by molar-refractivity contribution is -0.119. The topological polar surface area (TPSA) is 130 Å². The largest absolute Gasteiger partial charge is 0.481 e. The molecule has 35 heavy (non-hydrogen) atoms. The lowest BCUT2D eigenvalue weighted by Gasteiger charge is -2.16. The number of anilines is 1. The van der Waals surface area contributed by atoms with E-state index in [1.165, 1.54) is 41.3 Å². The number of aryl methyl sites for hydroxylation is 1. The van der Waals surface area contributed by atoms with E-state index in [0.717, 1.165) is 36.9 Å². The van der Waals surface area contributed by atoms with E-state index in [0.29, 0.717) is 28.9 Å². The molecule has 1 N–H and O–H groups in total. The van der Waals surface area contributed by atoms with Crippen LogP contribution in [0.3, 0.4) is 0 Å². The summed E-state index contributed by atoms with van der Waals surface area (Å²) in [7, 11) is 1.50. The second-order valence-corrected chi connectivity index (χ2v) is 8.34. The summed E-state index contributed by atoms with van der Waals surface area (Å²) in [6.07, 6.45) is 9.26. The summed E-state index contributed by atoms with van der Waals surface area (Å²) in [5.74, 6) is 0.604. The van der Waals surface area contributed by atoms with E-state index in [1.54, 1.807) is 12.3 Å². The van der Waals surface area contributed by atoms with E-state index in [-0.39, 0.29) is 17.4 Å². The average Bonchev–Trinajstić information content (AvgIpc) is 3.25. The molecule has 0 aromatic carbocycles. The van der Waals surface area contributed by atoms with Gasteiger partial charge < -0.3 is 10.1 Å². The van der Waals surface area contributed by atoms with Crippen molar-refractivity contribution in [2.75, 3.05) is 12.4 Å². The molecule has 1 atom stereocenters. The number of nitrogens with zero attached hydrogens (tertiary/aromatic N) is 7. The summed E-state index contributed by atoms with van der Waals surface area (Å²) < 4.78 is 8.09. The van der Waals surface area contributed by atoms with Crippen LogP contribution in [0.4, 0.5) is 5.69 Å². The Balaban J connectivity index is 1.83. The molecule has 2 bridgehead atoms. The minimum absolute atomic E-state index is 0.154. The maximum atomic E-state index is 13.2. The van der Waals surface area contributed by atoms with Gasteiger partial charge in [0.05, 0.1) is 7.11 Å². The van der Waals surface area contributed by atoms with Crippen LogP contribution in [0.25, 0.3) is 22.9 Å². The third-order valence-electron chi connectivity index (χ3n) is 5.97. The fourth-order valence-corrected chi connectivity index (χ4v) is 4.07. The first-order chi connectivity index (χ1) is 17.0. The van der Waals surface area contributed by atoms with Crippen LogP contribution in [0.2, 0.25) is 0 Å². The minimum Gasteiger partial charge on any atom is -0.481 e. The molecule has 0 fully saturated rings. The van der Waals surface area contributed by atoms with Crippen molar-refractivity contribution in [2.24, 2.45) is 5.92 Å². The highest BCUT2D eigenvalue weighted by Gasteiger charge is 2.27. The van der Waals surface area contributed by atoms with E-state index in [1.807, 2.05) is 19.1 Å². The number of fused-ring (bicyclic) bond motifs is 4. The number of rotatable bonds is 3. The first-order valence-corrected chi connectivity index (χ1v) is 11.3. The molecular weight excluding hydrogens is 448 g/mol. The van der Waals surface area contributed by atoms with Gasteiger partial charge in [-0.25, -0.2) is 19.5 Å². The first-order valence-electron chi connectivity index (χ1n) is 11.3. The second-order valence-electron chi connectivity index (χ2n) is 8.34. The molecule has 5 heterocycles. The Labute approximate surface area is 200 Å². The minimum atomic E-state index is -0.339. The van der Waals surface area contributed by atoms with Crippen LogP contribution >= 0.6 is 0 Å². The molecule has 178 valence electrons. The van der Waals surface area contributed by atoms with E-state index in [2.05, 4.69) is 25.3 Å². The van der Waals surface area contributed by atoms with Crippen LogP contribution in [0.5, 0.6) is 5.88 Å². The van der Waals surface area contributed by atoms with Gasteiger partial charge in [0.15, 0.2) is 11.6 Å². The molecule has 0 spiro atoms. The Morgan fingerprint density at radius 3 is 2.80 bits per heavy atom. The van der Waals surface area contributed by atoms with Crippen molar-refractivity contribution in [1.29, 1.82) is 0 Å². The highest BCUT2D eigenvalue weighted by molar-refractivity contribution is 5.98. The van der Waals surface area contributed by atoms with Crippen LogP contribution in [0.1, 0.15) is 31.9 Å². The lowest BCUT2D eigenvalue weighted by atomic mass is 10.00. The highest BCUT2D eigenvalue weighted by Crippen LogP contribution is 2.35. The van der Waals surface area contributed by atoms with Crippen LogP contribution in [-0.2, 0) is 11.2 Å². The molecule has 1 aliphatic heterocycles. The van der Waals surface area contributed by atoms with Gasteiger partial charge in [0.1, 0.15) is 24.0 Å². The van der Waals surface area contributed by atoms with Gasteiger partial charge in [0, 0.05) is 41.7 Å². The Morgan fingerprint density at radius 1 is 1.09 bits per heavy atom. The van der Waals surface area contributed by atoms with Gasteiger partial charge in [-0.3, -0.25) is 14.6 Å². The predicted octanol–water partition coefficient (Wildman–Crippen LogP) is 2.58.